The van der Waals surface area contributed by atoms with Gasteiger partial charge >= 0.3 is 11.9 Å². The maximum atomic E-state index is 12.9. The highest BCUT2D eigenvalue weighted by Gasteiger charge is 2.37. The summed E-state index contributed by atoms with van der Waals surface area (Å²) < 4.78 is 16.8. The van der Waals surface area contributed by atoms with Crippen LogP contribution in [0.5, 0.6) is 0 Å². The van der Waals surface area contributed by atoms with Gasteiger partial charge in [0.1, 0.15) is 11.2 Å². The van der Waals surface area contributed by atoms with Crippen molar-refractivity contribution in [1.29, 1.82) is 0 Å². The van der Waals surface area contributed by atoms with Crippen LogP contribution in [-0.2, 0) is 30.4 Å². The van der Waals surface area contributed by atoms with Crippen LogP contribution in [0.3, 0.4) is 0 Å². The molecule has 0 spiro atoms. The quantitative estimate of drug-likeness (QED) is 0.350. The Balaban J connectivity index is 2.27. The fraction of sp³-hybridized carbons (Fsp3) is 0.522. The van der Waals surface area contributed by atoms with E-state index in [1.807, 2.05) is 18.2 Å². The van der Waals surface area contributed by atoms with Gasteiger partial charge in [0.2, 0.25) is 0 Å². The summed E-state index contributed by atoms with van der Waals surface area (Å²) in [6.45, 7) is 10.7. The van der Waals surface area contributed by atoms with Gasteiger partial charge in [0.15, 0.2) is 11.7 Å². The molecule has 0 aliphatic rings. The van der Waals surface area contributed by atoms with Gasteiger partial charge in [-0.25, -0.2) is 0 Å². The number of hydrogen-bond acceptors (Lipinski definition) is 7. The van der Waals surface area contributed by atoms with Crippen LogP contribution in [0, 0.1) is 5.92 Å². The van der Waals surface area contributed by atoms with Gasteiger partial charge in [0, 0.05) is 18.2 Å². The molecule has 2 rings (SSSR count). The molecule has 1 aromatic carbocycles. The van der Waals surface area contributed by atoms with Crippen molar-refractivity contribution < 1.29 is 28.6 Å². The average molecular weight is 435 g/mol. The molecule has 0 unspecified atom stereocenters. The molecule has 7 heteroatoms. The summed E-state index contributed by atoms with van der Waals surface area (Å²) in [5, 5.41) is 0.920. The molecule has 1 aromatic heterocycles. The van der Waals surface area contributed by atoms with E-state index in [4.69, 9.17) is 14.2 Å². The SMILES string of the molecule is COCc1ccc2sc(C(=O)CC(C(=O)OC(C)(C)C)C(=O)OC(C)(C)C)cc2c1. The molecular formula is C23H30O6S. The van der Waals surface area contributed by atoms with Crippen molar-refractivity contribution >= 4 is 39.1 Å². The Morgan fingerprint density at radius 3 is 2.00 bits per heavy atom. The van der Waals surface area contributed by atoms with Crippen molar-refractivity contribution in [3.8, 4) is 0 Å². The van der Waals surface area contributed by atoms with Gasteiger partial charge in [-0.2, -0.15) is 0 Å². The van der Waals surface area contributed by atoms with E-state index < -0.39 is 29.1 Å². The minimum absolute atomic E-state index is 0.300. The Labute approximate surface area is 181 Å². The van der Waals surface area contributed by atoms with Crippen LogP contribution in [0.4, 0.5) is 0 Å². The molecule has 1 heterocycles. The molecule has 30 heavy (non-hydrogen) atoms. The van der Waals surface area contributed by atoms with Crippen molar-refractivity contribution in [3.05, 3.63) is 34.7 Å². The molecule has 0 saturated heterocycles. The first kappa shape index (κ1) is 24.0. The number of rotatable bonds is 7. The minimum Gasteiger partial charge on any atom is -0.459 e. The second-order valence-corrected chi connectivity index (χ2v) is 10.2. The minimum atomic E-state index is -1.31. The maximum absolute atomic E-state index is 12.9. The maximum Gasteiger partial charge on any atom is 0.321 e. The molecule has 6 nitrogen and oxygen atoms in total. The fourth-order valence-corrected chi connectivity index (χ4v) is 3.77. The molecule has 164 valence electrons. The number of carbonyl (C=O) groups is 3. The lowest BCUT2D eigenvalue weighted by Gasteiger charge is -2.26. The number of ketones is 1. The largest absolute Gasteiger partial charge is 0.459 e. The Bertz CT molecular complexity index is 901. The Morgan fingerprint density at radius 1 is 0.933 bits per heavy atom. The molecule has 0 radical (unpaired) electrons. The van der Waals surface area contributed by atoms with E-state index in [1.54, 1.807) is 54.7 Å². The summed E-state index contributed by atoms with van der Waals surface area (Å²) in [7, 11) is 1.63. The lowest BCUT2D eigenvalue weighted by atomic mass is 10.0. The van der Waals surface area contributed by atoms with Crippen LogP contribution < -0.4 is 0 Å². The van der Waals surface area contributed by atoms with Crippen molar-refractivity contribution in [2.24, 2.45) is 5.92 Å². The van der Waals surface area contributed by atoms with Gasteiger partial charge in [-0.05, 0) is 70.7 Å². The highest BCUT2D eigenvalue weighted by molar-refractivity contribution is 7.20. The smallest absolute Gasteiger partial charge is 0.321 e. The van der Waals surface area contributed by atoms with Crippen LogP contribution in [0.2, 0.25) is 0 Å². The highest BCUT2D eigenvalue weighted by Crippen LogP contribution is 2.29. The number of carbonyl (C=O) groups excluding carboxylic acids is 3. The zero-order chi connectivity index (χ0) is 22.7. The van der Waals surface area contributed by atoms with Gasteiger partial charge in [-0.15, -0.1) is 11.3 Å². The van der Waals surface area contributed by atoms with Gasteiger partial charge in [-0.1, -0.05) is 6.07 Å². The summed E-state index contributed by atoms with van der Waals surface area (Å²) in [5.41, 5.74) is -0.562. The predicted octanol–water partition coefficient (Wildman–Crippen LogP) is 4.92. The van der Waals surface area contributed by atoms with Crippen LogP contribution in [-0.4, -0.2) is 36.0 Å². The topological polar surface area (TPSA) is 78.9 Å². The lowest BCUT2D eigenvalue weighted by Crippen LogP contribution is -2.38. The van der Waals surface area contributed by atoms with Gasteiger partial charge in [0.05, 0.1) is 11.5 Å². The third-order valence-electron chi connectivity index (χ3n) is 3.94. The van der Waals surface area contributed by atoms with E-state index in [0.717, 1.165) is 15.6 Å². The standard InChI is InChI=1S/C23H30O6S/c1-22(2,3)28-20(25)16(21(26)29-23(4,5)6)12-17(24)19-11-15-10-14(13-27-7)8-9-18(15)30-19/h8-11,16H,12-13H2,1-7H3. The van der Waals surface area contributed by atoms with Gasteiger partial charge in [0.25, 0.3) is 0 Å². The summed E-state index contributed by atoms with van der Waals surface area (Å²) in [4.78, 5) is 38.7. The molecule has 0 saturated carbocycles. The number of hydrogen-bond donors (Lipinski definition) is 0. The normalized spacial score (nSPS) is 12.3. The number of fused-ring (bicyclic) bond motifs is 1. The number of esters is 2. The molecule has 0 aliphatic heterocycles. The molecule has 0 bridgehead atoms. The van der Waals surface area contributed by atoms with E-state index in [1.165, 1.54) is 11.3 Å². The van der Waals surface area contributed by atoms with Crippen molar-refractivity contribution in [1.82, 2.24) is 0 Å². The third-order valence-corrected chi connectivity index (χ3v) is 5.10. The first-order valence-corrected chi connectivity index (χ1v) is 10.6. The monoisotopic (exact) mass is 434 g/mol. The van der Waals surface area contributed by atoms with Crippen molar-refractivity contribution in [2.75, 3.05) is 7.11 Å². The molecule has 0 atom stereocenters. The second kappa shape index (κ2) is 9.27. The van der Waals surface area contributed by atoms with Crippen LogP contribution in [0.15, 0.2) is 24.3 Å². The molecule has 2 aromatic rings. The molecular weight excluding hydrogens is 404 g/mol. The van der Waals surface area contributed by atoms with Gasteiger partial charge < -0.3 is 14.2 Å². The number of Topliss-reactive ketones (excluding diaryl/α,β-unsaturated/α-hetero) is 1. The van der Waals surface area contributed by atoms with E-state index in [2.05, 4.69) is 0 Å². The summed E-state index contributed by atoms with van der Waals surface area (Å²) in [6.07, 6.45) is -0.304. The predicted molar refractivity (Wildman–Crippen MR) is 117 cm³/mol. The van der Waals surface area contributed by atoms with E-state index in [9.17, 15) is 14.4 Å². The highest BCUT2D eigenvalue weighted by atomic mass is 32.1. The van der Waals surface area contributed by atoms with E-state index in [0.29, 0.717) is 11.5 Å². The molecule has 0 fully saturated rings. The summed E-state index contributed by atoms with van der Waals surface area (Å²) >= 11 is 1.33. The number of ether oxygens (including phenoxy) is 3. The van der Waals surface area contributed by atoms with E-state index >= 15 is 0 Å². The zero-order valence-electron chi connectivity index (χ0n) is 18.7. The number of benzene rings is 1. The number of methoxy groups -OCH3 is 1. The third kappa shape index (κ3) is 6.92. The Morgan fingerprint density at radius 2 is 1.50 bits per heavy atom. The van der Waals surface area contributed by atoms with Crippen molar-refractivity contribution in [2.45, 2.75) is 65.8 Å². The first-order chi connectivity index (χ1) is 13.8. The Hall–Kier alpha value is -2.25. The van der Waals surface area contributed by atoms with Crippen LogP contribution in [0.1, 0.15) is 63.2 Å². The van der Waals surface area contributed by atoms with Gasteiger partial charge in [-0.3, -0.25) is 14.4 Å². The summed E-state index contributed by atoms with van der Waals surface area (Å²) in [6, 6.07) is 7.62. The lowest BCUT2D eigenvalue weighted by molar-refractivity contribution is -0.174. The van der Waals surface area contributed by atoms with Crippen LogP contribution in [0.25, 0.3) is 10.1 Å². The Kier molecular flexibility index (Phi) is 7.42. The van der Waals surface area contributed by atoms with E-state index in [-0.39, 0.29) is 12.2 Å². The second-order valence-electron chi connectivity index (χ2n) is 9.16. The first-order valence-electron chi connectivity index (χ1n) is 9.79. The molecule has 0 aliphatic carbocycles. The fourth-order valence-electron chi connectivity index (χ4n) is 2.78. The van der Waals surface area contributed by atoms with Crippen molar-refractivity contribution in [3.63, 3.8) is 0 Å². The number of thiophene rings is 1. The molecule has 0 amide bonds. The molecule has 0 N–H and O–H groups in total. The summed E-state index contributed by atoms with van der Waals surface area (Å²) in [5.74, 6) is -3.13. The average Bonchev–Trinajstić information content (AvgIpc) is 3.00. The van der Waals surface area contributed by atoms with Crippen LogP contribution >= 0.6 is 11.3 Å². The zero-order valence-corrected chi connectivity index (χ0v) is 19.5.